The average Bonchev–Trinajstić information content (AvgIpc) is 3.05. The molecule has 2 bridgehead atoms. The summed E-state index contributed by atoms with van der Waals surface area (Å²) in [5.74, 6) is 0.364. The van der Waals surface area contributed by atoms with E-state index in [2.05, 4.69) is 28.1 Å². The highest BCUT2D eigenvalue weighted by Gasteiger charge is 2.73. The number of allylic oxidation sites excluding steroid dienone is 2. The molecule has 0 unspecified atom stereocenters. The second kappa shape index (κ2) is 3.67. The molecule has 1 saturated heterocycles. The molecule has 21 heavy (non-hydrogen) atoms. The van der Waals surface area contributed by atoms with Crippen molar-refractivity contribution < 1.29 is 9.59 Å². The maximum Gasteiger partial charge on any atom is 0.238 e. The van der Waals surface area contributed by atoms with E-state index in [1.807, 2.05) is 24.3 Å². The summed E-state index contributed by atoms with van der Waals surface area (Å²) in [4.78, 5) is 27.2. The first-order valence-electron chi connectivity index (χ1n) is 7.45. The van der Waals surface area contributed by atoms with Crippen LogP contribution in [0.3, 0.4) is 0 Å². The first-order chi connectivity index (χ1) is 10.1. The van der Waals surface area contributed by atoms with Crippen molar-refractivity contribution in [3.8, 4) is 0 Å². The third-order valence-electron chi connectivity index (χ3n) is 5.92. The third-order valence-corrected chi connectivity index (χ3v) is 6.41. The number of halogens is 1. The number of fused-ring (bicyclic) bond motifs is 3. The number of anilines is 1. The molecule has 0 N–H and O–H groups in total. The minimum absolute atomic E-state index is 0.00576. The summed E-state index contributed by atoms with van der Waals surface area (Å²) in [5, 5.41) is 0. The van der Waals surface area contributed by atoms with Gasteiger partial charge in [-0.25, -0.2) is 4.90 Å². The lowest BCUT2D eigenvalue weighted by atomic mass is 9.85. The molecule has 2 saturated carbocycles. The smallest absolute Gasteiger partial charge is 0.238 e. The Bertz CT molecular complexity index is 687. The zero-order chi connectivity index (χ0) is 14.4. The van der Waals surface area contributed by atoms with Crippen molar-refractivity contribution in [2.24, 2.45) is 29.1 Å². The number of hydrogen-bond donors (Lipinski definition) is 0. The van der Waals surface area contributed by atoms with E-state index in [0.717, 1.165) is 4.47 Å². The second-order valence-corrected chi connectivity index (χ2v) is 7.63. The molecule has 1 heterocycles. The molecule has 3 fully saturated rings. The highest BCUT2D eigenvalue weighted by Crippen LogP contribution is 2.73. The van der Waals surface area contributed by atoms with Gasteiger partial charge in [0.15, 0.2) is 0 Å². The Kier molecular flexibility index (Phi) is 2.12. The van der Waals surface area contributed by atoms with E-state index < -0.39 is 0 Å². The van der Waals surface area contributed by atoms with Crippen LogP contribution < -0.4 is 4.90 Å². The summed E-state index contributed by atoms with van der Waals surface area (Å²) < 4.78 is 0.886. The van der Waals surface area contributed by atoms with Crippen molar-refractivity contribution >= 4 is 33.4 Å². The molecular weight excluding hydrogens is 330 g/mol. The third kappa shape index (κ3) is 1.30. The number of imide groups is 1. The number of carbonyl (C=O) groups is 2. The minimum Gasteiger partial charge on any atom is -0.274 e. The predicted molar refractivity (Wildman–Crippen MR) is 81.4 cm³/mol. The Morgan fingerprint density at radius 1 is 1.05 bits per heavy atom. The SMILES string of the molecule is O=C1[C@@H]2[C@@H](C(=O)N1c1cccc(Br)c1)[C@@H]1C=C[C@H]2C12CC2. The molecule has 1 aromatic rings. The second-order valence-electron chi connectivity index (χ2n) is 6.71. The van der Waals surface area contributed by atoms with Crippen LogP contribution in [0.5, 0.6) is 0 Å². The van der Waals surface area contributed by atoms with Crippen molar-refractivity contribution in [1.82, 2.24) is 0 Å². The van der Waals surface area contributed by atoms with Gasteiger partial charge in [0.05, 0.1) is 17.5 Å². The van der Waals surface area contributed by atoms with Gasteiger partial charge in [0.2, 0.25) is 11.8 Å². The fraction of sp³-hybridized carbons (Fsp3) is 0.412. The average molecular weight is 344 g/mol. The Morgan fingerprint density at radius 2 is 1.67 bits per heavy atom. The van der Waals surface area contributed by atoms with E-state index in [-0.39, 0.29) is 29.1 Å². The molecule has 3 nitrogen and oxygen atoms in total. The number of nitrogens with zero attached hydrogens (tertiary/aromatic N) is 1. The van der Waals surface area contributed by atoms with Gasteiger partial charge in [-0.05, 0) is 48.3 Å². The van der Waals surface area contributed by atoms with Gasteiger partial charge in [0.1, 0.15) is 0 Å². The number of benzene rings is 1. The molecule has 4 heteroatoms. The highest BCUT2D eigenvalue weighted by atomic mass is 79.9. The summed E-state index contributed by atoms with van der Waals surface area (Å²) >= 11 is 3.41. The van der Waals surface area contributed by atoms with E-state index in [4.69, 9.17) is 0 Å². The molecule has 1 aromatic carbocycles. The van der Waals surface area contributed by atoms with Crippen LogP contribution in [-0.4, -0.2) is 11.8 Å². The van der Waals surface area contributed by atoms with Crippen LogP contribution in [0.15, 0.2) is 40.9 Å². The number of carbonyl (C=O) groups excluding carboxylic acids is 2. The van der Waals surface area contributed by atoms with Crippen LogP contribution in [0, 0.1) is 29.1 Å². The van der Waals surface area contributed by atoms with Crippen molar-refractivity contribution in [3.63, 3.8) is 0 Å². The molecular formula is C17H14BrNO2. The van der Waals surface area contributed by atoms with Gasteiger partial charge in [-0.3, -0.25) is 9.59 Å². The van der Waals surface area contributed by atoms with E-state index >= 15 is 0 Å². The summed E-state index contributed by atoms with van der Waals surface area (Å²) in [6.45, 7) is 0. The van der Waals surface area contributed by atoms with Gasteiger partial charge >= 0.3 is 0 Å². The van der Waals surface area contributed by atoms with Crippen LogP contribution in [0.2, 0.25) is 0 Å². The van der Waals surface area contributed by atoms with Gasteiger partial charge in [-0.15, -0.1) is 0 Å². The molecule has 2 amide bonds. The van der Waals surface area contributed by atoms with E-state index in [0.29, 0.717) is 17.5 Å². The lowest BCUT2D eigenvalue weighted by Crippen LogP contribution is -2.34. The molecule has 106 valence electrons. The lowest BCUT2D eigenvalue weighted by Gasteiger charge is -2.21. The molecule has 1 spiro atoms. The summed E-state index contributed by atoms with van der Waals surface area (Å²) in [6.07, 6.45) is 6.77. The predicted octanol–water partition coefficient (Wildman–Crippen LogP) is 3.15. The molecule has 0 radical (unpaired) electrons. The Balaban J connectivity index is 1.59. The quantitative estimate of drug-likeness (QED) is 0.580. The minimum atomic E-state index is -0.117. The van der Waals surface area contributed by atoms with Gasteiger partial charge in [0, 0.05) is 4.47 Å². The highest BCUT2D eigenvalue weighted by molar-refractivity contribution is 9.10. The Hall–Kier alpha value is -1.42. The number of amides is 2. The normalized spacial score (nSPS) is 37.7. The zero-order valence-electron chi connectivity index (χ0n) is 11.3. The van der Waals surface area contributed by atoms with Gasteiger partial charge in [0.25, 0.3) is 0 Å². The fourth-order valence-corrected chi connectivity index (χ4v) is 5.34. The molecule has 4 aliphatic rings. The first kappa shape index (κ1) is 12.2. The van der Waals surface area contributed by atoms with E-state index in [9.17, 15) is 9.59 Å². The van der Waals surface area contributed by atoms with Crippen LogP contribution in [0.1, 0.15) is 12.8 Å². The van der Waals surface area contributed by atoms with Crippen LogP contribution >= 0.6 is 15.9 Å². The Morgan fingerprint density at radius 3 is 2.19 bits per heavy atom. The number of hydrogen-bond acceptors (Lipinski definition) is 2. The van der Waals surface area contributed by atoms with Crippen LogP contribution in [0.4, 0.5) is 5.69 Å². The first-order valence-corrected chi connectivity index (χ1v) is 8.24. The largest absolute Gasteiger partial charge is 0.274 e. The molecule has 5 rings (SSSR count). The standard InChI is InChI=1S/C17H14BrNO2/c18-9-2-1-3-10(8-9)19-15(20)13-11-4-5-12(14(13)16(19)21)17(11)6-7-17/h1-5,8,11-14H,6-7H2/t11-,12+,13-,14-/m0/s1. The summed E-state index contributed by atoms with van der Waals surface area (Å²) in [6, 6.07) is 7.45. The Labute approximate surface area is 131 Å². The van der Waals surface area contributed by atoms with E-state index in [1.165, 1.54) is 17.7 Å². The van der Waals surface area contributed by atoms with Crippen molar-refractivity contribution in [2.45, 2.75) is 12.8 Å². The van der Waals surface area contributed by atoms with Gasteiger partial charge < -0.3 is 0 Å². The van der Waals surface area contributed by atoms with Gasteiger partial charge in [-0.1, -0.05) is 34.1 Å². The lowest BCUT2D eigenvalue weighted by molar-refractivity contribution is -0.123. The topological polar surface area (TPSA) is 37.4 Å². The molecule has 3 aliphatic carbocycles. The number of rotatable bonds is 1. The van der Waals surface area contributed by atoms with Crippen molar-refractivity contribution in [2.75, 3.05) is 4.90 Å². The maximum absolute atomic E-state index is 12.9. The van der Waals surface area contributed by atoms with Crippen molar-refractivity contribution in [3.05, 3.63) is 40.9 Å². The van der Waals surface area contributed by atoms with Gasteiger partial charge in [-0.2, -0.15) is 0 Å². The monoisotopic (exact) mass is 343 g/mol. The summed E-state index contributed by atoms with van der Waals surface area (Å²) in [7, 11) is 0. The molecule has 1 aliphatic heterocycles. The zero-order valence-corrected chi connectivity index (χ0v) is 12.9. The van der Waals surface area contributed by atoms with Crippen LogP contribution in [0.25, 0.3) is 0 Å². The molecule has 0 aromatic heterocycles. The van der Waals surface area contributed by atoms with Crippen LogP contribution in [-0.2, 0) is 9.59 Å². The molecule has 4 atom stereocenters. The fourth-order valence-electron chi connectivity index (χ4n) is 4.95. The maximum atomic E-state index is 12.9. The summed E-state index contributed by atoms with van der Waals surface area (Å²) in [5.41, 5.74) is 0.960. The van der Waals surface area contributed by atoms with E-state index in [1.54, 1.807) is 0 Å². The van der Waals surface area contributed by atoms with Crippen molar-refractivity contribution in [1.29, 1.82) is 0 Å².